The van der Waals surface area contributed by atoms with E-state index >= 15 is 0 Å². The number of carbonyl (C=O) groups is 1. The Balaban J connectivity index is 0.000000584. The van der Waals surface area contributed by atoms with Crippen LogP contribution in [0.1, 0.15) is 24.5 Å². The number of likely N-dealkylation sites (N-methyl/N-ethyl adjacent to an activating group) is 1. The Morgan fingerprint density at radius 1 is 0.963 bits per heavy atom. The first-order valence-corrected chi connectivity index (χ1v) is 8.75. The van der Waals surface area contributed by atoms with Crippen molar-refractivity contribution in [3.63, 3.8) is 0 Å². The van der Waals surface area contributed by atoms with Crippen molar-refractivity contribution in [1.29, 1.82) is 0 Å². The van der Waals surface area contributed by atoms with Gasteiger partial charge in [-0.25, -0.2) is 0 Å². The lowest BCUT2D eigenvalue weighted by atomic mass is 9.86. The van der Waals surface area contributed by atoms with Crippen molar-refractivity contribution >= 4 is 23.0 Å². The van der Waals surface area contributed by atoms with E-state index in [0.717, 1.165) is 17.6 Å². The maximum atomic E-state index is 11.3. The summed E-state index contributed by atoms with van der Waals surface area (Å²) in [6.45, 7) is 4.48. The molecule has 27 heavy (non-hydrogen) atoms. The van der Waals surface area contributed by atoms with E-state index < -0.39 is 11.6 Å². The molecule has 0 aromatic heterocycles. The first kappa shape index (κ1) is 25.3. The molecule has 6 heteroatoms. The molecule has 2 N–H and O–H groups in total. The Kier molecular flexibility index (Phi) is 11.1. The molecule has 0 aliphatic carbocycles. The third-order valence-electron chi connectivity index (χ3n) is 4.21. The van der Waals surface area contributed by atoms with Crippen LogP contribution in [0.25, 0.3) is 0 Å². The molecule has 2 aromatic rings. The molecule has 0 heterocycles. The topological polar surface area (TPSA) is 80.6 Å². The molecule has 0 unspecified atom stereocenters. The van der Waals surface area contributed by atoms with Gasteiger partial charge in [0, 0.05) is 0 Å². The second-order valence-electron chi connectivity index (χ2n) is 6.84. The summed E-state index contributed by atoms with van der Waals surface area (Å²) in [5.74, 6) is -1.53. The molecule has 150 valence electrons. The van der Waals surface area contributed by atoms with Crippen LogP contribution in [0, 0.1) is 0 Å². The molecule has 0 bridgehead atoms. The van der Waals surface area contributed by atoms with Crippen molar-refractivity contribution in [2.24, 2.45) is 0 Å². The van der Waals surface area contributed by atoms with Crippen LogP contribution in [0.4, 0.5) is 0 Å². The molecule has 0 amide bonds. The number of rotatable bonds is 7. The second kappa shape index (κ2) is 11.9. The lowest BCUT2D eigenvalue weighted by Gasteiger charge is -2.30. The van der Waals surface area contributed by atoms with E-state index in [2.05, 4.69) is 21.0 Å². The Morgan fingerprint density at radius 3 is 1.67 bits per heavy atom. The molecule has 0 fully saturated rings. The predicted molar refractivity (Wildman–Crippen MR) is 110 cm³/mol. The third-order valence-corrected chi connectivity index (χ3v) is 4.21. The molecule has 2 rings (SSSR count). The van der Waals surface area contributed by atoms with Gasteiger partial charge < -0.3 is 24.6 Å². The number of hydrogen-bond donors (Lipinski definition) is 2. The van der Waals surface area contributed by atoms with Gasteiger partial charge in [-0.2, -0.15) is 0 Å². The lowest BCUT2D eigenvalue weighted by Crippen LogP contribution is -2.46. The van der Waals surface area contributed by atoms with Crippen LogP contribution in [0.5, 0.6) is 0 Å². The van der Waals surface area contributed by atoms with E-state index in [1.807, 2.05) is 0 Å². The second-order valence-corrected chi connectivity index (χ2v) is 6.84. The number of carboxylic acids is 1. The van der Waals surface area contributed by atoms with Gasteiger partial charge in [0.2, 0.25) is 0 Å². The van der Waals surface area contributed by atoms with Gasteiger partial charge in [0.05, 0.1) is 33.2 Å². The van der Waals surface area contributed by atoms with Gasteiger partial charge in [0.1, 0.15) is 6.54 Å². The molecule has 0 saturated carbocycles. The number of benzene rings is 2. The van der Waals surface area contributed by atoms with Gasteiger partial charge in [-0.05, 0) is 17.5 Å². The maximum Gasteiger partial charge on any atom is 0.154 e. The highest BCUT2D eigenvalue weighted by atomic mass is 79.9. The minimum Gasteiger partial charge on any atom is -0.546 e. The van der Waals surface area contributed by atoms with Crippen molar-refractivity contribution in [1.82, 2.24) is 0 Å². The molecule has 0 spiro atoms. The Labute approximate surface area is 172 Å². The molecule has 0 aliphatic heterocycles. The monoisotopic (exact) mass is 439 g/mol. The van der Waals surface area contributed by atoms with E-state index in [1.165, 1.54) is 6.42 Å². The summed E-state index contributed by atoms with van der Waals surface area (Å²) in [5.41, 5.74) is -1.54. The quantitative estimate of drug-likeness (QED) is 0.643. The zero-order valence-corrected chi connectivity index (χ0v) is 17.9. The van der Waals surface area contributed by atoms with Crippen molar-refractivity contribution in [3.05, 3.63) is 71.8 Å². The van der Waals surface area contributed by atoms with Crippen molar-refractivity contribution in [3.8, 4) is 0 Å². The van der Waals surface area contributed by atoms with E-state index in [9.17, 15) is 15.0 Å². The summed E-state index contributed by atoms with van der Waals surface area (Å²) in [7, 11) is 4.28. The number of halogens is 1. The summed E-state index contributed by atoms with van der Waals surface area (Å²) in [5, 5.41) is 30.2. The Morgan fingerprint density at radius 2 is 1.37 bits per heavy atom. The number of carbonyl (C=O) groups excluding carboxylic acids is 1. The van der Waals surface area contributed by atoms with Gasteiger partial charge >= 0.3 is 0 Å². The summed E-state index contributed by atoms with van der Waals surface area (Å²) in [6, 6.07) is 16.4. The largest absolute Gasteiger partial charge is 0.546 e. The molecule has 0 radical (unpaired) electrons. The van der Waals surface area contributed by atoms with Gasteiger partial charge in [-0.15, -0.1) is 17.0 Å². The molecular weight excluding hydrogens is 410 g/mol. The van der Waals surface area contributed by atoms with E-state index in [1.54, 1.807) is 60.7 Å². The zero-order chi connectivity index (χ0) is 19.6. The van der Waals surface area contributed by atoms with E-state index in [0.29, 0.717) is 6.61 Å². The summed E-state index contributed by atoms with van der Waals surface area (Å²) in [4.78, 5) is 11.3. The summed E-state index contributed by atoms with van der Waals surface area (Å²) < 4.78 is 0.938. The first-order valence-electron chi connectivity index (χ1n) is 8.75. The summed E-state index contributed by atoms with van der Waals surface area (Å²) >= 11 is 0. The predicted octanol–water partition coefficient (Wildman–Crippen LogP) is 1.72. The average Bonchev–Trinajstić information content (AvgIpc) is 2.62. The minimum atomic E-state index is -2.11. The van der Waals surface area contributed by atoms with Crippen LogP contribution in [-0.4, -0.2) is 54.5 Å². The standard InChI is InChI=1S/C14H12O3.C7H18NO.BrH/c15-13(16)14(17,11-7-3-1-4-8-11)12-9-5-2-6-10-12;1-4-5-8(2,3)6-7-9;/h1-10,17H,(H,15,16);9H,4-7H2,1-3H3;1H/q;+1;/p-1. The minimum absolute atomic E-state index is 0. The molecule has 0 saturated heterocycles. The number of aliphatic hydroxyl groups excluding tert-OH is 1. The van der Waals surface area contributed by atoms with Crippen LogP contribution in [-0.2, 0) is 10.4 Å². The van der Waals surface area contributed by atoms with Crippen molar-refractivity contribution in [2.45, 2.75) is 18.9 Å². The first-order chi connectivity index (χ1) is 12.3. The zero-order valence-electron chi connectivity index (χ0n) is 16.2. The Bertz CT molecular complexity index is 615. The van der Waals surface area contributed by atoms with Crippen LogP contribution in [0.2, 0.25) is 0 Å². The highest BCUT2D eigenvalue weighted by molar-refractivity contribution is 8.93. The van der Waals surface area contributed by atoms with Gasteiger partial charge in [-0.3, -0.25) is 0 Å². The van der Waals surface area contributed by atoms with Gasteiger partial charge in [-0.1, -0.05) is 67.6 Å². The van der Waals surface area contributed by atoms with Crippen molar-refractivity contribution < 1.29 is 24.6 Å². The third kappa shape index (κ3) is 7.42. The lowest BCUT2D eigenvalue weighted by molar-refractivity contribution is -0.890. The fourth-order valence-electron chi connectivity index (χ4n) is 2.75. The van der Waals surface area contributed by atoms with Gasteiger partial charge in [0.25, 0.3) is 0 Å². The maximum absolute atomic E-state index is 11.3. The SMILES string of the molecule is Br.CCC[N+](C)(C)CCO.O=C([O-])C(O)(c1ccccc1)c1ccccc1. The number of hydrogen-bond acceptors (Lipinski definition) is 4. The fraction of sp³-hybridized carbons (Fsp3) is 0.381. The molecule has 0 atom stereocenters. The summed E-state index contributed by atoms with van der Waals surface area (Å²) in [6.07, 6.45) is 1.19. The van der Waals surface area contributed by atoms with Crippen LogP contribution in [0.3, 0.4) is 0 Å². The van der Waals surface area contributed by atoms with Crippen molar-refractivity contribution in [2.75, 3.05) is 33.8 Å². The van der Waals surface area contributed by atoms with Gasteiger partial charge in [0.15, 0.2) is 5.60 Å². The Hall–Kier alpha value is -1.73. The molecule has 2 aromatic carbocycles. The number of carboxylic acid groups (broad SMARTS) is 1. The average molecular weight is 440 g/mol. The van der Waals surface area contributed by atoms with E-state index in [-0.39, 0.29) is 28.1 Å². The van der Waals surface area contributed by atoms with Crippen LogP contribution < -0.4 is 5.11 Å². The van der Waals surface area contributed by atoms with E-state index in [4.69, 9.17) is 5.11 Å². The highest BCUT2D eigenvalue weighted by Gasteiger charge is 2.32. The number of nitrogens with zero attached hydrogens (tertiary/aromatic N) is 1. The van der Waals surface area contributed by atoms with Crippen LogP contribution >= 0.6 is 17.0 Å². The highest BCUT2D eigenvalue weighted by Crippen LogP contribution is 2.28. The normalized spacial score (nSPS) is 11.0. The molecular formula is C21H30BrNO4. The number of aliphatic carboxylic acids is 1. The van der Waals surface area contributed by atoms with Crippen LogP contribution in [0.15, 0.2) is 60.7 Å². The smallest absolute Gasteiger partial charge is 0.154 e. The molecule has 5 nitrogen and oxygen atoms in total. The number of aliphatic hydroxyl groups is 2. The molecule has 0 aliphatic rings. The fourth-order valence-corrected chi connectivity index (χ4v) is 2.75. The number of quaternary nitrogens is 1.